The third-order valence-electron chi connectivity index (χ3n) is 19.3. The van der Waals surface area contributed by atoms with Gasteiger partial charge in [-0.1, -0.05) is 73.1 Å². The second-order valence-corrected chi connectivity index (χ2v) is 25.3. The maximum atomic E-state index is 13.8. The van der Waals surface area contributed by atoms with Crippen molar-refractivity contribution >= 4 is 29.8 Å². The highest BCUT2D eigenvalue weighted by Crippen LogP contribution is 2.68. The molecule has 0 aromatic carbocycles. The van der Waals surface area contributed by atoms with Crippen LogP contribution in [0, 0.1) is 46.3 Å². The van der Waals surface area contributed by atoms with Gasteiger partial charge in [0.15, 0.2) is 0 Å². The van der Waals surface area contributed by atoms with Gasteiger partial charge >= 0.3 is 23.9 Å². The number of unbranched alkanes of at least 4 members (excludes halogenated alkanes) is 5. The lowest BCUT2D eigenvalue weighted by Gasteiger charge is -2.63. The van der Waals surface area contributed by atoms with Gasteiger partial charge in [-0.15, -0.1) is 0 Å². The SMILES string of the molecule is CCCCCCCCN(CCCC(C)C1CC[C@H]2C3[C@H](OCCCN)CC(CCOCCCN)[C@](C)(CC)[C@H]3C[C@H](OCCCN)[C@]12C)C(=O)NCCOCCOCCOCCNC(=O)CNCCN(CCN(CCNCC(=O)O)CC(=O)O)CC(=O)O. The summed E-state index contributed by atoms with van der Waals surface area (Å²) in [6, 6.07) is -0.0404. The predicted octanol–water partition coefficient (Wildman–Crippen LogP) is 4.31. The molecule has 514 valence electrons. The van der Waals surface area contributed by atoms with E-state index in [1.165, 1.54) is 38.5 Å². The summed E-state index contributed by atoms with van der Waals surface area (Å²) >= 11 is 0. The van der Waals surface area contributed by atoms with E-state index >= 15 is 0 Å². The first-order chi connectivity index (χ1) is 42.5. The van der Waals surface area contributed by atoms with E-state index in [0.29, 0.717) is 147 Å². The zero-order chi connectivity index (χ0) is 64.4. The Morgan fingerprint density at radius 3 is 1.73 bits per heavy atom. The van der Waals surface area contributed by atoms with Crippen LogP contribution in [0.3, 0.4) is 0 Å². The summed E-state index contributed by atoms with van der Waals surface area (Å²) in [5, 5.41) is 39.1. The number of urea groups is 1. The number of carbonyl (C=O) groups excluding carboxylic acids is 2. The molecule has 4 unspecified atom stereocenters. The summed E-state index contributed by atoms with van der Waals surface area (Å²) < 4.78 is 37.3. The van der Waals surface area contributed by atoms with Crippen LogP contribution < -0.4 is 38.5 Å². The van der Waals surface area contributed by atoms with Crippen LogP contribution in [0.5, 0.6) is 0 Å². The predicted molar refractivity (Wildman–Crippen MR) is 342 cm³/mol. The Hall–Kier alpha value is -3.37. The molecule has 0 aromatic rings. The van der Waals surface area contributed by atoms with Crippen molar-refractivity contribution in [2.45, 2.75) is 156 Å². The van der Waals surface area contributed by atoms with Gasteiger partial charge < -0.3 is 87.1 Å². The van der Waals surface area contributed by atoms with Crippen molar-refractivity contribution in [1.29, 1.82) is 0 Å². The molecule has 0 heterocycles. The number of nitrogens with two attached hydrogens (primary N) is 3. The van der Waals surface area contributed by atoms with Crippen molar-refractivity contribution < 1.29 is 67.7 Å². The Morgan fingerprint density at radius 2 is 1.12 bits per heavy atom. The molecule has 10 atom stereocenters. The molecule has 3 rings (SSSR count). The fourth-order valence-corrected chi connectivity index (χ4v) is 14.5. The molecule has 0 bridgehead atoms. The van der Waals surface area contributed by atoms with Crippen LogP contribution in [0.15, 0.2) is 0 Å². The summed E-state index contributed by atoms with van der Waals surface area (Å²) in [6.07, 6.45) is 18.4. The maximum absolute atomic E-state index is 13.8. The van der Waals surface area contributed by atoms with E-state index in [4.69, 9.17) is 50.7 Å². The van der Waals surface area contributed by atoms with Gasteiger partial charge in [0.2, 0.25) is 5.91 Å². The Balaban J connectivity index is 1.43. The van der Waals surface area contributed by atoms with Crippen LogP contribution in [0.1, 0.15) is 144 Å². The van der Waals surface area contributed by atoms with Crippen molar-refractivity contribution in [3.05, 3.63) is 0 Å². The number of carbonyl (C=O) groups is 5. The number of ether oxygens (including phenoxy) is 6. The number of carboxylic acids is 3. The zero-order valence-corrected chi connectivity index (χ0v) is 55.1. The van der Waals surface area contributed by atoms with Crippen LogP contribution in [-0.2, 0) is 47.6 Å². The lowest BCUT2D eigenvalue weighted by molar-refractivity contribution is -0.218. The number of nitrogens with one attached hydrogen (secondary N) is 4. The van der Waals surface area contributed by atoms with Gasteiger partial charge in [0.05, 0.1) is 78.0 Å². The van der Waals surface area contributed by atoms with Gasteiger partial charge in [-0.3, -0.25) is 29.0 Å². The lowest BCUT2D eigenvalue weighted by atomic mass is 9.44. The summed E-state index contributed by atoms with van der Waals surface area (Å²) in [6.45, 7) is 22.1. The quantitative estimate of drug-likeness (QED) is 0.0379. The molecule has 3 saturated carbocycles. The van der Waals surface area contributed by atoms with Crippen LogP contribution in [0.25, 0.3) is 0 Å². The van der Waals surface area contributed by atoms with E-state index in [9.17, 15) is 34.2 Å². The second-order valence-electron chi connectivity index (χ2n) is 25.3. The van der Waals surface area contributed by atoms with Gasteiger partial charge in [-0.2, -0.15) is 0 Å². The van der Waals surface area contributed by atoms with E-state index in [2.05, 4.69) is 55.9 Å². The molecule has 0 aliphatic heterocycles. The first kappa shape index (κ1) is 78.9. The third-order valence-corrected chi connectivity index (χ3v) is 19.3. The highest BCUT2D eigenvalue weighted by molar-refractivity contribution is 5.78. The number of nitrogens with zero attached hydrogens (tertiary/aromatic N) is 3. The van der Waals surface area contributed by atoms with Crippen LogP contribution >= 0.6 is 0 Å². The minimum absolute atomic E-state index is 0.00929. The van der Waals surface area contributed by atoms with Crippen LogP contribution in [-0.4, -0.2) is 249 Å². The molecular formula is C64H124N10O14. The normalized spacial score (nSPS) is 23.7. The summed E-state index contributed by atoms with van der Waals surface area (Å²) in [4.78, 5) is 65.0. The minimum Gasteiger partial charge on any atom is -0.480 e. The van der Waals surface area contributed by atoms with Crippen LogP contribution in [0.4, 0.5) is 4.79 Å². The van der Waals surface area contributed by atoms with Gasteiger partial charge in [0.25, 0.3) is 0 Å². The van der Waals surface area contributed by atoms with Crippen molar-refractivity contribution in [3.63, 3.8) is 0 Å². The number of amides is 3. The van der Waals surface area contributed by atoms with E-state index in [1.807, 2.05) is 4.90 Å². The van der Waals surface area contributed by atoms with E-state index in [0.717, 1.165) is 83.8 Å². The number of hydrogen-bond donors (Lipinski definition) is 10. The largest absolute Gasteiger partial charge is 0.480 e. The first-order valence-corrected chi connectivity index (χ1v) is 34.0. The molecule has 24 heteroatoms. The molecule has 88 heavy (non-hydrogen) atoms. The smallest absolute Gasteiger partial charge is 0.317 e. The Labute approximate surface area is 528 Å². The molecule has 3 aliphatic rings. The molecule has 24 nitrogen and oxygen atoms in total. The molecule has 13 N–H and O–H groups in total. The number of carboxylic acid groups (broad SMARTS) is 3. The summed E-state index contributed by atoms with van der Waals surface area (Å²) in [5.74, 6) is -0.492. The number of rotatable bonds is 56. The van der Waals surface area contributed by atoms with Crippen molar-refractivity contribution in [2.75, 3.05) is 177 Å². The Kier molecular flexibility index (Phi) is 41.8. The molecule has 0 saturated heterocycles. The van der Waals surface area contributed by atoms with Crippen LogP contribution in [0.2, 0.25) is 0 Å². The maximum Gasteiger partial charge on any atom is 0.317 e. The lowest BCUT2D eigenvalue weighted by Crippen LogP contribution is -2.62. The van der Waals surface area contributed by atoms with Gasteiger partial charge in [-0.25, -0.2) is 4.79 Å². The summed E-state index contributed by atoms with van der Waals surface area (Å²) in [7, 11) is 0. The fourth-order valence-electron chi connectivity index (χ4n) is 14.5. The molecule has 0 spiro atoms. The average Bonchev–Trinajstić information content (AvgIpc) is 1.33. The van der Waals surface area contributed by atoms with Gasteiger partial charge in [0.1, 0.15) is 0 Å². The summed E-state index contributed by atoms with van der Waals surface area (Å²) in [5.41, 5.74) is 18.0. The highest BCUT2D eigenvalue weighted by atomic mass is 16.5. The molecule has 0 aromatic heterocycles. The third kappa shape index (κ3) is 29.5. The second kappa shape index (κ2) is 46.7. The van der Waals surface area contributed by atoms with E-state index in [-0.39, 0.29) is 87.3 Å². The van der Waals surface area contributed by atoms with Gasteiger partial charge in [0, 0.05) is 97.3 Å². The molecule has 3 amide bonds. The fraction of sp³-hybridized carbons (Fsp3) is 0.922. The Morgan fingerprint density at radius 1 is 0.568 bits per heavy atom. The standard InChI is InChI=1S/C64H124N10O14/c1-6-8-9-10-11-12-28-74(62(82)71-27-39-85-41-43-86-42-40-84-38-26-70-57(75)46-68-24-30-72(48-59(78)79)32-33-73(49-60(80)81)31-25-69-47-58(76)77)29-13-17-50(3)52-18-19-53-61-54(45-56(64(52,53)5)88-36-16-23-67)63(4,7-2)51(20-37-83-34-14-21-65)44-55(61)87-35-15-22-66/h50-56,61,68-69H,6-49,65-67H2,1-5H3,(H,70,75)(H,71,82)(H,76,77)(H,78,79)(H,80,81)/t50?,51?,52?,53-,54-,55+,56-,61?,63-,64+/m0/s1. The molecule has 0 radical (unpaired) electrons. The van der Waals surface area contributed by atoms with Crippen molar-refractivity contribution in [3.8, 4) is 0 Å². The number of hydrogen-bond acceptors (Lipinski definition) is 18. The average molecular weight is 1260 g/mol. The van der Waals surface area contributed by atoms with E-state index in [1.54, 1.807) is 9.80 Å². The van der Waals surface area contributed by atoms with Crippen molar-refractivity contribution in [1.82, 2.24) is 36.0 Å². The monoisotopic (exact) mass is 1260 g/mol. The molecular weight excluding hydrogens is 1130 g/mol. The first-order valence-electron chi connectivity index (χ1n) is 34.0. The number of fused-ring (bicyclic) bond motifs is 3. The van der Waals surface area contributed by atoms with Gasteiger partial charge in [-0.05, 0) is 131 Å². The molecule has 3 fully saturated rings. The Bertz CT molecular complexity index is 1890. The molecule has 3 aliphatic carbocycles. The zero-order valence-electron chi connectivity index (χ0n) is 55.1. The van der Waals surface area contributed by atoms with Crippen molar-refractivity contribution in [2.24, 2.45) is 63.5 Å². The topological polar surface area (TPSA) is 337 Å². The number of aliphatic carboxylic acids is 3. The minimum atomic E-state index is -1.05. The van der Waals surface area contributed by atoms with E-state index < -0.39 is 17.9 Å². The highest BCUT2D eigenvalue weighted by Gasteiger charge is 2.66.